The summed E-state index contributed by atoms with van der Waals surface area (Å²) in [5.41, 5.74) is 0. The molecular formula is C5H9NO4S. The largest absolute Gasteiger partial charge is 0.478 e. The van der Waals surface area contributed by atoms with Gasteiger partial charge in [-0.25, -0.2) is 4.79 Å². The van der Waals surface area contributed by atoms with Crippen LogP contribution in [0.3, 0.4) is 0 Å². The van der Waals surface area contributed by atoms with Gasteiger partial charge >= 0.3 is 5.97 Å². The standard InChI is InChI=1S/C5H9NO4S/c1-11-3-2-4(5(7)8)10-6-9/h4H,2-3H2,1H3,(H,7,8). The minimum atomic E-state index is -1.15. The molecule has 0 saturated heterocycles. The monoisotopic (exact) mass is 179 g/mol. The van der Waals surface area contributed by atoms with Gasteiger partial charge in [-0.05, 0) is 12.0 Å². The summed E-state index contributed by atoms with van der Waals surface area (Å²) in [7, 11) is 0. The van der Waals surface area contributed by atoms with Crippen LogP contribution in [0.15, 0.2) is 5.34 Å². The number of aliphatic carboxylic acids is 1. The molecule has 0 heterocycles. The second kappa shape index (κ2) is 5.96. The molecule has 0 fully saturated rings. The Bertz CT molecular complexity index is 140. The number of carboxylic acid groups (broad SMARTS) is 1. The van der Waals surface area contributed by atoms with E-state index in [9.17, 15) is 9.70 Å². The summed E-state index contributed by atoms with van der Waals surface area (Å²) < 4.78 is 0. The third-order valence-electron chi connectivity index (χ3n) is 1.03. The van der Waals surface area contributed by atoms with Crippen LogP contribution in [0.25, 0.3) is 0 Å². The first-order chi connectivity index (χ1) is 5.22. The molecule has 1 unspecified atom stereocenters. The van der Waals surface area contributed by atoms with Crippen LogP contribution < -0.4 is 0 Å². The number of rotatable bonds is 6. The third-order valence-corrected chi connectivity index (χ3v) is 1.67. The summed E-state index contributed by atoms with van der Waals surface area (Å²) in [6.07, 6.45) is 1.04. The van der Waals surface area contributed by atoms with E-state index in [1.165, 1.54) is 11.8 Å². The zero-order valence-corrected chi connectivity index (χ0v) is 6.84. The molecule has 6 heteroatoms. The highest BCUT2D eigenvalue weighted by atomic mass is 32.2. The molecular weight excluding hydrogens is 170 g/mol. The van der Waals surface area contributed by atoms with Gasteiger partial charge in [-0.2, -0.15) is 11.8 Å². The fourth-order valence-electron chi connectivity index (χ4n) is 0.498. The molecule has 0 bridgehead atoms. The highest BCUT2D eigenvalue weighted by molar-refractivity contribution is 7.98. The lowest BCUT2D eigenvalue weighted by atomic mass is 10.3. The fraction of sp³-hybridized carbons (Fsp3) is 0.800. The van der Waals surface area contributed by atoms with Crippen LogP contribution in [0.5, 0.6) is 0 Å². The molecule has 5 nitrogen and oxygen atoms in total. The normalized spacial score (nSPS) is 12.1. The van der Waals surface area contributed by atoms with Gasteiger partial charge in [-0.3, -0.25) is 0 Å². The highest BCUT2D eigenvalue weighted by Crippen LogP contribution is 2.04. The first-order valence-corrected chi connectivity index (χ1v) is 4.32. The van der Waals surface area contributed by atoms with Crippen molar-refractivity contribution in [1.82, 2.24) is 0 Å². The lowest BCUT2D eigenvalue weighted by molar-refractivity contribution is -0.150. The van der Waals surface area contributed by atoms with Gasteiger partial charge in [0.15, 0.2) is 5.34 Å². The van der Waals surface area contributed by atoms with Crippen molar-refractivity contribution in [3.8, 4) is 0 Å². The topological polar surface area (TPSA) is 76.0 Å². The molecule has 0 amide bonds. The molecule has 0 spiro atoms. The number of carbonyl (C=O) groups is 1. The smallest absolute Gasteiger partial charge is 0.347 e. The summed E-state index contributed by atoms with van der Waals surface area (Å²) >= 11 is 1.49. The van der Waals surface area contributed by atoms with Crippen LogP contribution in [-0.4, -0.2) is 29.2 Å². The van der Waals surface area contributed by atoms with E-state index in [-0.39, 0.29) is 0 Å². The minimum Gasteiger partial charge on any atom is -0.478 e. The summed E-state index contributed by atoms with van der Waals surface area (Å²) in [5, 5.41) is 10.5. The Morgan fingerprint density at radius 2 is 2.45 bits per heavy atom. The molecule has 1 N–H and O–H groups in total. The second-order valence-electron chi connectivity index (χ2n) is 1.79. The minimum absolute atomic E-state index is 0.294. The van der Waals surface area contributed by atoms with Crippen molar-refractivity contribution in [1.29, 1.82) is 0 Å². The molecule has 0 aliphatic carbocycles. The Kier molecular flexibility index (Phi) is 5.54. The van der Waals surface area contributed by atoms with Gasteiger partial charge in [0.05, 0.1) is 0 Å². The van der Waals surface area contributed by atoms with Crippen LogP contribution in [0.2, 0.25) is 0 Å². The maximum atomic E-state index is 10.3. The van der Waals surface area contributed by atoms with Crippen molar-refractivity contribution >= 4 is 17.7 Å². The van der Waals surface area contributed by atoms with E-state index in [0.29, 0.717) is 12.2 Å². The van der Waals surface area contributed by atoms with Gasteiger partial charge in [0.1, 0.15) is 0 Å². The molecule has 0 saturated carbocycles. The van der Waals surface area contributed by atoms with Gasteiger partial charge in [0, 0.05) is 6.42 Å². The van der Waals surface area contributed by atoms with Gasteiger partial charge < -0.3 is 9.94 Å². The van der Waals surface area contributed by atoms with Crippen molar-refractivity contribution in [2.45, 2.75) is 12.5 Å². The average Bonchev–Trinajstić information content (AvgIpc) is 1.97. The number of hydrogen-bond acceptors (Lipinski definition) is 5. The Morgan fingerprint density at radius 1 is 1.82 bits per heavy atom. The van der Waals surface area contributed by atoms with Crippen LogP contribution in [0.4, 0.5) is 0 Å². The zero-order valence-electron chi connectivity index (χ0n) is 6.02. The molecule has 1 atom stereocenters. The molecule has 11 heavy (non-hydrogen) atoms. The fourth-order valence-corrected chi connectivity index (χ4v) is 0.948. The number of carboxylic acids is 1. The van der Waals surface area contributed by atoms with Crippen LogP contribution in [-0.2, 0) is 9.63 Å². The number of hydrogen-bond donors (Lipinski definition) is 1. The number of nitrogens with zero attached hydrogens (tertiary/aromatic N) is 1. The first kappa shape index (κ1) is 10.2. The lowest BCUT2D eigenvalue weighted by Crippen LogP contribution is -2.22. The number of thioether (sulfide) groups is 1. The average molecular weight is 179 g/mol. The van der Waals surface area contributed by atoms with Gasteiger partial charge in [0.25, 0.3) is 0 Å². The van der Waals surface area contributed by atoms with Crippen molar-refractivity contribution < 1.29 is 14.7 Å². The van der Waals surface area contributed by atoms with Crippen molar-refractivity contribution in [2.24, 2.45) is 5.34 Å². The van der Waals surface area contributed by atoms with Crippen molar-refractivity contribution in [2.75, 3.05) is 12.0 Å². The molecule has 0 aromatic rings. The van der Waals surface area contributed by atoms with Gasteiger partial charge in [-0.1, -0.05) is 0 Å². The van der Waals surface area contributed by atoms with Gasteiger partial charge in [0.2, 0.25) is 6.10 Å². The molecule has 64 valence electrons. The Morgan fingerprint density at radius 3 is 2.82 bits per heavy atom. The molecule has 0 radical (unpaired) electrons. The molecule has 0 aromatic heterocycles. The first-order valence-electron chi connectivity index (χ1n) is 2.92. The van der Waals surface area contributed by atoms with Crippen molar-refractivity contribution in [3.05, 3.63) is 4.91 Å². The summed E-state index contributed by atoms with van der Waals surface area (Å²) in [6.45, 7) is 0. The van der Waals surface area contributed by atoms with Crippen LogP contribution >= 0.6 is 11.8 Å². The summed E-state index contributed by atoms with van der Waals surface area (Å²) in [6, 6.07) is 0. The molecule has 0 rings (SSSR count). The Hall–Kier alpha value is -0.780. The van der Waals surface area contributed by atoms with Crippen LogP contribution in [0, 0.1) is 4.91 Å². The summed E-state index contributed by atoms with van der Waals surface area (Å²) in [4.78, 5) is 23.9. The van der Waals surface area contributed by atoms with E-state index in [1.807, 2.05) is 6.26 Å². The van der Waals surface area contributed by atoms with E-state index < -0.39 is 12.1 Å². The second-order valence-corrected chi connectivity index (χ2v) is 2.77. The van der Waals surface area contributed by atoms with E-state index in [0.717, 1.165) is 0 Å². The van der Waals surface area contributed by atoms with E-state index in [2.05, 4.69) is 10.2 Å². The molecule has 0 aromatic carbocycles. The quantitative estimate of drug-likeness (QED) is 0.484. The zero-order chi connectivity index (χ0) is 8.69. The van der Waals surface area contributed by atoms with Gasteiger partial charge in [-0.15, -0.1) is 4.91 Å². The Balaban J connectivity index is 3.69. The van der Waals surface area contributed by atoms with E-state index in [1.54, 1.807) is 0 Å². The van der Waals surface area contributed by atoms with E-state index >= 15 is 0 Å². The Labute approximate surface area is 68.0 Å². The summed E-state index contributed by atoms with van der Waals surface area (Å²) in [5.74, 6) is -0.523. The SMILES string of the molecule is CSCCC(ON=O)C(=O)O. The lowest BCUT2D eigenvalue weighted by Gasteiger charge is -2.05. The molecule has 0 aliphatic rings. The predicted octanol–water partition coefficient (Wildman–Crippen LogP) is 0.891. The maximum absolute atomic E-state index is 10.3. The molecule has 0 aliphatic heterocycles. The van der Waals surface area contributed by atoms with Crippen molar-refractivity contribution in [3.63, 3.8) is 0 Å². The van der Waals surface area contributed by atoms with Crippen LogP contribution in [0.1, 0.15) is 6.42 Å². The predicted molar refractivity (Wildman–Crippen MR) is 41.3 cm³/mol. The maximum Gasteiger partial charge on any atom is 0.347 e. The highest BCUT2D eigenvalue weighted by Gasteiger charge is 2.18. The third kappa shape index (κ3) is 4.60. The van der Waals surface area contributed by atoms with E-state index in [4.69, 9.17) is 5.11 Å².